The zero-order valence-corrected chi connectivity index (χ0v) is 10.6. The number of rotatable bonds is 4. The van der Waals surface area contributed by atoms with Gasteiger partial charge in [-0.25, -0.2) is 0 Å². The zero-order chi connectivity index (χ0) is 12.1. The lowest BCUT2D eigenvalue weighted by atomic mass is 9.88. The van der Waals surface area contributed by atoms with Gasteiger partial charge in [0.05, 0.1) is 5.92 Å². The van der Waals surface area contributed by atoms with Crippen molar-refractivity contribution in [1.29, 1.82) is 0 Å². The quantitative estimate of drug-likeness (QED) is 0.797. The van der Waals surface area contributed by atoms with Crippen molar-refractivity contribution in [3.05, 3.63) is 0 Å². The molecule has 2 rings (SSSR count). The normalized spacial score (nSPS) is 23.9. The van der Waals surface area contributed by atoms with Crippen LogP contribution in [-0.4, -0.2) is 43.7 Å². The second-order valence-electron chi connectivity index (χ2n) is 5.26. The maximum atomic E-state index is 12.3. The Balaban J connectivity index is 1.83. The maximum Gasteiger partial charge on any atom is 0.226 e. The van der Waals surface area contributed by atoms with E-state index in [4.69, 9.17) is 10.5 Å². The summed E-state index contributed by atoms with van der Waals surface area (Å²) in [6, 6.07) is 0. The second-order valence-corrected chi connectivity index (χ2v) is 5.26. The van der Waals surface area contributed by atoms with Gasteiger partial charge in [-0.1, -0.05) is 0 Å². The van der Waals surface area contributed by atoms with Crippen LogP contribution in [0.4, 0.5) is 0 Å². The zero-order valence-electron chi connectivity index (χ0n) is 10.6. The molecule has 17 heavy (non-hydrogen) atoms. The molecule has 2 heterocycles. The first-order valence-electron chi connectivity index (χ1n) is 6.88. The van der Waals surface area contributed by atoms with E-state index in [2.05, 4.69) is 0 Å². The standard InChI is InChI=1S/C13H24N2O2/c14-10-12(9-11-3-7-17-8-4-11)13(16)15-5-1-2-6-15/h11-12H,1-10,14H2. The third kappa shape index (κ3) is 3.42. The molecule has 4 heteroatoms. The summed E-state index contributed by atoms with van der Waals surface area (Å²) in [6.45, 7) is 4.05. The first-order valence-corrected chi connectivity index (χ1v) is 6.88. The van der Waals surface area contributed by atoms with Crippen molar-refractivity contribution in [3.63, 3.8) is 0 Å². The number of carbonyl (C=O) groups is 1. The molecule has 2 N–H and O–H groups in total. The summed E-state index contributed by atoms with van der Waals surface area (Å²) < 4.78 is 5.35. The highest BCUT2D eigenvalue weighted by atomic mass is 16.5. The van der Waals surface area contributed by atoms with E-state index in [1.807, 2.05) is 4.90 Å². The van der Waals surface area contributed by atoms with Crippen molar-refractivity contribution in [3.8, 4) is 0 Å². The Kier molecular flexibility index (Phi) is 4.80. The lowest BCUT2D eigenvalue weighted by molar-refractivity contribution is -0.135. The molecule has 0 saturated carbocycles. The Morgan fingerprint density at radius 1 is 1.29 bits per heavy atom. The van der Waals surface area contributed by atoms with E-state index in [1.165, 1.54) is 0 Å². The SMILES string of the molecule is NCC(CC1CCOCC1)C(=O)N1CCCC1. The topological polar surface area (TPSA) is 55.6 Å². The van der Waals surface area contributed by atoms with Crippen molar-refractivity contribution in [2.24, 2.45) is 17.6 Å². The van der Waals surface area contributed by atoms with Crippen LogP contribution >= 0.6 is 0 Å². The fourth-order valence-electron chi connectivity index (χ4n) is 2.88. The van der Waals surface area contributed by atoms with E-state index < -0.39 is 0 Å². The van der Waals surface area contributed by atoms with Crippen LogP contribution in [0.2, 0.25) is 0 Å². The molecule has 0 aromatic rings. The number of nitrogens with zero attached hydrogens (tertiary/aromatic N) is 1. The molecule has 0 spiro atoms. The van der Waals surface area contributed by atoms with Gasteiger partial charge in [-0.3, -0.25) is 4.79 Å². The van der Waals surface area contributed by atoms with E-state index in [0.29, 0.717) is 12.5 Å². The van der Waals surface area contributed by atoms with Crippen LogP contribution in [-0.2, 0) is 9.53 Å². The van der Waals surface area contributed by atoms with Crippen LogP contribution < -0.4 is 5.73 Å². The molecule has 4 nitrogen and oxygen atoms in total. The molecule has 0 bridgehead atoms. The molecule has 1 amide bonds. The van der Waals surface area contributed by atoms with Gasteiger partial charge in [0.1, 0.15) is 0 Å². The van der Waals surface area contributed by atoms with Gasteiger partial charge in [0.25, 0.3) is 0 Å². The summed E-state index contributed by atoms with van der Waals surface area (Å²) in [5.41, 5.74) is 5.78. The summed E-state index contributed by atoms with van der Waals surface area (Å²) in [7, 11) is 0. The summed E-state index contributed by atoms with van der Waals surface area (Å²) in [4.78, 5) is 14.3. The lowest BCUT2D eigenvalue weighted by Crippen LogP contribution is -2.38. The minimum Gasteiger partial charge on any atom is -0.381 e. The number of ether oxygens (including phenoxy) is 1. The second kappa shape index (κ2) is 6.36. The largest absolute Gasteiger partial charge is 0.381 e. The van der Waals surface area contributed by atoms with E-state index in [-0.39, 0.29) is 11.8 Å². The van der Waals surface area contributed by atoms with Gasteiger partial charge < -0.3 is 15.4 Å². The molecule has 2 aliphatic rings. The summed E-state index contributed by atoms with van der Waals surface area (Å²) in [5.74, 6) is 0.955. The average molecular weight is 240 g/mol. The van der Waals surface area contributed by atoms with Gasteiger partial charge in [-0.2, -0.15) is 0 Å². The number of hydrogen-bond acceptors (Lipinski definition) is 3. The Hall–Kier alpha value is -0.610. The third-order valence-corrected chi connectivity index (χ3v) is 4.01. The smallest absolute Gasteiger partial charge is 0.226 e. The van der Waals surface area contributed by atoms with Gasteiger partial charge in [-0.15, -0.1) is 0 Å². The predicted molar refractivity (Wildman–Crippen MR) is 66.5 cm³/mol. The van der Waals surface area contributed by atoms with Crippen molar-refractivity contribution in [2.75, 3.05) is 32.8 Å². The van der Waals surface area contributed by atoms with Crippen LogP contribution in [0.3, 0.4) is 0 Å². The van der Waals surface area contributed by atoms with Gasteiger partial charge in [0.2, 0.25) is 5.91 Å². The van der Waals surface area contributed by atoms with Crippen LogP contribution in [0, 0.1) is 11.8 Å². The number of hydrogen-bond donors (Lipinski definition) is 1. The van der Waals surface area contributed by atoms with E-state index in [9.17, 15) is 4.79 Å². The number of nitrogens with two attached hydrogens (primary N) is 1. The van der Waals surface area contributed by atoms with Crippen molar-refractivity contribution < 1.29 is 9.53 Å². The summed E-state index contributed by atoms with van der Waals surface area (Å²) in [6.07, 6.45) is 5.43. The van der Waals surface area contributed by atoms with E-state index in [0.717, 1.165) is 58.4 Å². The van der Waals surface area contributed by atoms with Crippen molar-refractivity contribution in [1.82, 2.24) is 4.90 Å². The number of carbonyl (C=O) groups excluding carboxylic acids is 1. The minimum absolute atomic E-state index is 0.0381. The summed E-state index contributed by atoms with van der Waals surface area (Å²) in [5, 5.41) is 0. The predicted octanol–water partition coefficient (Wildman–Crippen LogP) is 1.00. The summed E-state index contributed by atoms with van der Waals surface area (Å²) >= 11 is 0. The molecule has 2 aliphatic heterocycles. The Morgan fingerprint density at radius 3 is 2.53 bits per heavy atom. The highest BCUT2D eigenvalue weighted by molar-refractivity contribution is 5.79. The molecule has 2 saturated heterocycles. The van der Waals surface area contributed by atoms with Crippen LogP contribution in [0.5, 0.6) is 0 Å². The molecular weight excluding hydrogens is 216 g/mol. The molecule has 0 radical (unpaired) electrons. The van der Waals surface area contributed by atoms with Gasteiger partial charge in [0, 0.05) is 32.8 Å². The average Bonchev–Trinajstić information content (AvgIpc) is 2.90. The molecule has 2 fully saturated rings. The molecule has 1 unspecified atom stereocenters. The highest BCUT2D eigenvalue weighted by Crippen LogP contribution is 2.24. The fourth-order valence-corrected chi connectivity index (χ4v) is 2.88. The van der Waals surface area contributed by atoms with Gasteiger partial charge >= 0.3 is 0 Å². The van der Waals surface area contributed by atoms with E-state index >= 15 is 0 Å². The maximum absolute atomic E-state index is 12.3. The molecule has 0 aromatic carbocycles. The monoisotopic (exact) mass is 240 g/mol. The molecular formula is C13H24N2O2. The van der Waals surface area contributed by atoms with Gasteiger partial charge in [-0.05, 0) is 38.0 Å². The first-order chi connectivity index (χ1) is 8.31. The Morgan fingerprint density at radius 2 is 1.94 bits per heavy atom. The highest BCUT2D eigenvalue weighted by Gasteiger charge is 2.28. The molecule has 0 aromatic heterocycles. The van der Waals surface area contributed by atoms with Crippen LogP contribution in [0.1, 0.15) is 32.1 Å². The van der Waals surface area contributed by atoms with Gasteiger partial charge in [0.15, 0.2) is 0 Å². The Labute approximate surface area is 103 Å². The minimum atomic E-state index is 0.0381. The fraction of sp³-hybridized carbons (Fsp3) is 0.923. The molecule has 1 atom stereocenters. The number of amides is 1. The molecule has 98 valence electrons. The van der Waals surface area contributed by atoms with Crippen molar-refractivity contribution in [2.45, 2.75) is 32.1 Å². The lowest BCUT2D eigenvalue weighted by Gasteiger charge is -2.28. The van der Waals surface area contributed by atoms with E-state index in [1.54, 1.807) is 0 Å². The Bertz CT molecular complexity index is 246. The van der Waals surface area contributed by atoms with Crippen LogP contribution in [0.15, 0.2) is 0 Å². The third-order valence-electron chi connectivity index (χ3n) is 4.01. The number of likely N-dealkylation sites (tertiary alicyclic amines) is 1. The van der Waals surface area contributed by atoms with Crippen LogP contribution in [0.25, 0.3) is 0 Å². The first kappa shape index (κ1) is 12.8. The molecule has 0 aliphatic carbocycles. The van der Waals surface area contributed by atoms with Crippen molar-refractivity contribution >= 4 is 5.91 Å².